The minimum absolute atomic E-state index is 0.0621. The average molecular weight is 291 g/mol. The lowest BCUT2D eigenvalue weighted by Crippen LogP contribution is -2.32. The van der Waals surface area contributed by atoms with E-state index in [-0.39, 0.29) is 16.7 Å². The second-order valence-corrected chi connectivity index (χ2v) is 5.36. The molecule has 0 spiro atoms. The quantitative estimate of drug-likeness (QED) is 0.835. The van der Waals surface area contributed by atoms with Gasteiger partial charge in [-0.15, -0.1) is 0 Å². The zero-order valence-corrected chi connectivity index (χ0v) is 11.5. The summed E-state index contributed by atoms with van der Waals surface area (Å²) < 4.78 is 31.5. The van der Waals surface area contributed by atoms with E-state index in [0.717, 1.165) is 25.0 Å². The Balaban J connectivity index is 1.94. The Kier molecular flexibility index (Phi) is 4.76. The highest BCUT2D eigenvalue weighted by Crippen LogP contribution is 2.38. The molecule has 0 radical (unpaired) electrons. The van der Waals surface area contributed by atoms with Crippen LogP contribution in [0.2, 0.25) is 5.02 Å². The molecule has 1 aliphatic carbocycles. The van der Waals surface area contributed by atoms with Crippen molar-refractivity contribution in [3.63, 3.8) is 0 Å². The normalized spacial score (nSPS) is 24.1. The SMILES string of the molecule is CCOC1CC(CC(O)c2cc(F)c(F)cc2Cl)C1. The lowest BCUT2D eigenvalue weighted by molar-refractivity contribution is -0.0380. The zero-order valence-electron chi connectivity index (χ0n) is 10.7. The molecule has 1 saturated carbocycles. The third-order valence-corrected chi connectivity index (χ3v) is 3.88. The molecule has 1 fully saturated rings. The molecular formula is C14H17ClF2O2. The van der Waals surface area contributed by atoms with Crippen molar-refractivity contribution in [3.05, 3.63) is 34.4 Å². The van der Waals surface area contributed by atoms with E-state index in [1.54, 1.807) is 0 Å². The topological polar surface area (TPSA) is 29.5 Å². The first-order valence-corrected chi connectivity index (χ1v) is 6.83. The Hall–Kier alpha value is -0.710. The van der Waals surface area contributed by atoms with Crippen molar-refractivity contribution in [1.82, 2.24) is 0 Å². The second-order valence-electron chi connectivity index (χ2n) is 4.95. The number of aliphatic hydroxyl groups excluding tert-OH is 1. The van der Waals surface area contributed by atoms with Gasteiger partial charge in [-0.25, -0.2) is 8.78 Å². The van der Waals surface area contributed by atoms with Crippen molar-refractivity contribution in [2.45, 2.75) is 38.4 Å². The second kappa shape index (κ2) is 6.16. The largest absolute Gasteiger partial charge is 0.388 e. The van der Waals surface area contributed by atoms with Gasteiger partial charge < -0.3 is 9.84 Å². The van der Waals surface area contributed by atoms with Gasteiger partial charge in [0.15, 0.2) is 11.6 Å². The average Bonchev–Trinajstić information content (AvgIpc) is 2.31. The predicted molar refractivity (Wildman–Crippen MR) is 69.1 cm³/mol. The Morgan fingerprint density at radius 2 is 2.00 bits per heavy atom. The summed E-state index contributed by atoms with van der Waals surface area (Å²) in [4.78, 5) is 0. The van der Waals surface area contributed by atoms with Gasteiger partial charge in [-0.2, -0.15) is 0 Å². The fourth-order valence-electron chi connectivity index (χ4n) is 2.47. The lowest BCUT2D eigenvalue weighted by Gasteiger charge is -2.36. The molecule has 1 aliphatic rings. The Morgan fingerprint density at radius 3 is 2.63 bits per heavy atom. The van der Waals surface area contributed by atoms with Crippen LogP contribution >= 0.6 is 11.6 Å². The van der Waals surface area contributed by atoms with E-state index in [1.807, 2.05) is 6.92 Å². The van der Waals surface area contributed by atoms with Gasteiger partial charge in [-0.1, -0.05) is 11.6 Å². The highest BCUT2D eigenvalue weighted by atomic mass is 35.5. The fraction of sp³-hybridized carbons (Fsp3) is 0.571. The number of rotatable bonds is 5. The van der Waals surface area contributed by atoms with Gasteiger partial charge in [0.25, 0.3) is 0 Å². The number of aliphatic hydroxyl groups is 1. The van der Waals surface area contributed by atoms with Crippen molar-refractivity contribution < 1.29 is 18.6 Å². The molecule has 0 aliphatic heterocycles. The van der Waals surface area contributed by atoms with Crippen LogP contribution in [0.25, 0.3) is 0 Å². The maximum absolute atomic E-state index is 13.2. The molecular weight excluding hydrogens is 274 g/mol. The number of hydrogen-bond donors (Lipinski definition) is 1. The Labute approximate surface area is 116 Å². The van der Waals surface area contributed by atoms with Gasteiger partial charge in [0, 0.05) is 17.2 Å². The van der Waals surface area contributed by atoms with Crippen LogP contribution in [0.1, 0.15) is 37.9 Å². The molecule has 19 heavy (non-hydrogen) atoms. The summed E-state index contributed by atoms with van der Waals surface area (Å²) in [7, 11) is 0. The minimum Gasteiger partial charge on any atom is -0.388 e. The Bertz CT molecular complexity index is 447. The molecule has 0 heterocycles. The summed E-state index contributed by atoms with van der Waals surface area (Å²) in [5.74, 6) is -1.64. The number of benzene rings is 1. The molecule has 1 aromatic carbocycles. The molecule has 2 nitrogen and oxygen atoms in total. The molecule has 2 rings (SSSR count). The first-order valence-electron chi connectivity index (χ1n) is 6.45. The summed E-state index contributed by atoms with van der Waals surface area (Å²) in [6.45, 7) is 2.64. The van der Waals surface area contributed by atoms with Crippen LogP contribution in [0.3, 0.4) is 0 Å². The van der Waals surface area contributed by atoms with E-state index in [2.05, 4.69) is 0 Å². The maximum Gasteiger partial charge on any atom is 0.160 e. The standard InChI is InChI=1S/C14H17ClF2O2/c1-2-19-9-3-8(4-9)5-14(18)10-6-12(16)13(17)7-11(10)15/h6-9,14,18H,2-5H2,1H3. The van der Waals surface area contributed by atoms with Crippen molar-refractivity contribution in [1.29, 1.82) is 0 Å². The molecule has 0 bridgehead atoms. The van der Waals surface area contributed by atoms with Gasteiger partial charge in [-0.05, 0) is 44.2 Å². The van der Waals surface area contributed by atoms with Crippen molar-refractivity contribution in [2.75, 3.05) is 6.61 Å². The Morgan fingerprint density at radius 1 is 1.37 bits per heavy atom. The molecule has 106 valence electrons. The van der Waals surface area contributed by atoms with Crippen LogP contribution in [0.15, 0.2) is 12.1 Å². The highest BCUT2D eigenvalue weighted by Gasteiger charge is 2.32. The molecule has 1 atom stereocenters. The van der Waals surface area contributed by atoms with Crippen molar-refractivity contribution in [3.8, 4) is 0 Å². The highest BCUT2D eigenvalue weighted by molar-refractivity contribution is 6.31. The number of halogens is 3. The van der Waals surface area contributed by atoms with Crippen LogP contribution < -0.4 is 0 Å². The van der Waals surface area contributed by atoms with E-state index in [4.69, 9.17) is 16.3 Å². The van der Waals surface area contributed by atoms with E-state index in [0.29, 0.717) is 18.9 Å². The summed E-state index contributed by atoms with van der Waals surface area (Å²) in [6, 6.07) is 1.88. The first-order chi connectivity index (χ1) is 9.01. The van der Waals surface area contributed by atoms with Gasteiger partial charge in [0.1, 0.15) is 0 Å². The third-order valence-electron chi connectivity index (χ3n) is 3.55. The van der Waals surface area contributed by atoms with Crippen molar-refractivity contribution >= 4 is 11.6 Å². The van der Waals surface area contributed by atoms with Gasteiger partial charge >= 0.3 is 0 Å². The van der Waals surface area contributed by atoms with Crippen LogP contribution in [-0.4, -0.2) is 17.8 Å². The predicted octanol–water partition coefficient (Wildman–Crippen LogP) is 3.86. The molecule has 1 unspecified atom stereocenters. The van der Waals surface area contributed by atoms with Gasteiger partial charge in [0.2, 0.25) is 0 Å². The molecule has 0 amide bonds. The van der Waals surface area contributed by atoms with E-state index >= 15 is 0 Å². The number of hydrogen-bond acceptors (Lipinski definition) is 2. The van der Waals surface area contributed by atoms with Crippen LogP contribution in [0, 0.1) is 17.6 Å². The zero-order chi connectivity index (χ0) is 14.0. The van der Waals surface area contributed by atoms with E-state index < -0.39 is 17.7 Å². The molecule has 0 saturated heterocycles. The summed E-state index contributed by atoms with van der Waals surface area (Å²) >= 11 is 5.83. The minimum atomic E-state index is -0.999. The fourth-order valence-corrected chi connectivity index (χ4v) is 2.75. The first kappa shape index (κ1) is 14.7. The summed E-state index contributed by atoms with van der Waals surface area (Å²) in [5, 5.41) is 10.1. The third kappa shape index (κ3) is 3.44. The smallest absolute Gasteiger partial charge is 0.160 e. The molecule has 0 aromatic heterocycles. The molecule has 5 heteroatoms. The van der Waals surface area contributed by atoms with Crippen LogP contribution in [0.5, 0.6) is 0 Å². The van der Waals surface area contributed by atoms with Crippen LogP contribution in [0.4, 0.5) is 8.78 Å². The van der Waals surface area contributed by atoms with Crippen LogP contribution in [-0.2, 0) is 4.74 Å². The van der Waals surface area contributed by atoms with Gasteiger partial charge in [0.05, 0.1) is 12.2 Å². The summed E-state index contributed by atoms with van der Waals surface area (Å²) in [6.07, 6.45) is 1.69. The van der Waals surface area contributed by atoms with Crippen molar-refractivity contribution in [2.24, 2.45) is 5.92 Å². The molecule has 1 aromatic rings. The number of ether oxygens (including phenoxy) is 1. The van der Waals surface area contributed by atoms with E-state index in [9.17, 15) is 13.9 Å². The maximum atomic E-state index is 13.2. The monoisotopic (exact) mass is 290 g/mol. The van der Waals surface area contributed by atoms with Gasteiger partial charge in [-0.3, -0.25) is 0 Å². The summed E-state index contributed by atoms with van der Waals surface area (Å²) in [5.41, 5.74) is 0.250. The molecule has 1 N–H and O–H groups in total. The lowest BCUT2D eigenvalue weighted by atomic mass is 9.78. The van der Waals surface area contributed by atoms with E-state index in [1.165, 1.54) is 0 Å².